The van der Waals surface area contributed by atoms with Crippen molar-refractivity contribution in [3.05, 3.63) is 89.2 Å². The van der Waals surface area contributed by atoms with Crippen molar-refractivity contribution in [2.75, 3.05) is 0 Å². The molecule has 0 aliphatic rings. The summed E-state index contributed by atoms with van der Waals surface area (Å²) in [5.41, 5.74) is 1.63. The Bertz CT molecular complexity index is 1360. The van der Waals surface area contributed by atoms with Gasteiger partial charge >= 0.3 is 0 Å². The molecule has 142 valence electrons. The van der Waals surface area contributed by atoms with E-state index in [-0.39, 0.29) is 23.8 Å². The van der Waals surface area contributed by atoms with E-state index in [9.17, 15) is 9.18 Å². The average molecular weight is 388 g/mol. The number of nitrogens with zero attached hydrogens (tertiary/aromatic N) is 6. The fourth-order valence-corrected chi connectivity index (χ4v) is 3.00. The second kappa shape index (κ2) is 6.79. The molecule has 0 aliphatic carbocycles. The first-order valence-electron chi connectivity index (χ1n) is 8.76. The van der Waals surface area contributed by atoms with E-state index in [1.54, 1.807) is 16.8 Å². The zero-order chi connectivity index (χ0) is 19.8. The topological polar surface area (TPSA) is 91.6 Å². The highest BCUT2D eigenvalue weighted by atomic mass is 19.1. The second-order valence-electron chi connectivity index (χ2n) is 6.33. The Morgan fingerprint density at radius 3 is 2.62 bits per heavy atom. The van der Waals surface area contributed by atoms with E-state index >= 15 is 0 Å². The molecule has 0 bridgehead atoms. The molecule has 0 fully saturated rings. The minimum atomic E-state index is -0.348. The summed E-state index contributed by atoms with van der Waals surface area (Å²) < 4.78 is 21.3. The van der Waals surface area contributed by atoms with E-state index in [0.717, 1.165) is 5.69 Å². The number of benzene rings is 2. The van der Waals surface area contributed by atoms with Crippen LogP contribution in [0.3, 0.4) is 0 Å². The Labute approximate surface area is 162 Å². The van der Waals surface area contributed by atoms with Crippen molar-refractivity contribution in [1.82, 2.24) is 29.5 Å². The Balaban J connectivity index is 1.47. The minimum absolute atomic E-state index is 0.0620. The Morgan fingerprint density at radius 2 is 1.83 bits per heavy atom. The van der Waals surface area contributed by atoms with Crippen LogP contribution in [0, 0.1) is 5.82 Å². The maximum absolute atomic E-state index is 13.1. The zero-order valence-electron chi connectivity index (χ0n) is 14.9. The molecule has 0 saturated heterocycles. The van der Waals surface area contributed by atoms with Crippen molar-refractivity contribution in [2.24, 2.45) is 0 Å². The summed E-state index contributed by atoms with van der Waals surface area (Å²) >= 11 is 0. The van der Waals surface area contributed by atoms with Gasteiger partial charge in [0.1, 0.15) is 24.1 Å². The molecule has 3 aromatic heterocycles. The lowest BCUT2D eigenvalue weighted by molar-refractivity contribution is 0.369. The Kier molecular flexibility index (Phi) is 3.98. The third-order valence-electron chi connectivity index (χ3n) is 4.43. The van der Waals surface area contributed by atoms with Gasteiger partial charge in [-0.2, -0.15) is 10.1 Å². The molecule has 0 aliphatic heterocycles. The van der Waals surface area contributed by atoms with Crippen molar-refractivity contribution >= 4 is 11.0 Å². The van der Waals surface area contributed by atoms with Crippen molar-refractivity contribution in [1.29, 1.82) is 0 Å². The van der Waals surface area contributed by atoms with E-state index in [4.69, 9.17) is 4.52 Å². The highest BCUT2D eigenvalue weighted by molar-refractivity contribution is 5.74. The number of hydrogen-bond donors (Lipinski definition) is 0. The number of para-hydroxylation sites is 1. The molecule has 0 radical (unpaired) electrons. The van der Waals surface area contributed by atoms with Crippen LogP contribution in [0.15, 0.2) is 76.4 Å². The molecule has 0 unspecified atom stereocenters. The number of hydrogen-bond acceptors (Lipinski definition) is 6. The maximum atomic E-state index is 13.1. The molecule has 0 saturated carbocycles. The van der Waals surface area contributed by atoms with Crippen LogP contribution in [-0.4, -0.2) is 29.5 Å². The predicted molar refractivity (Wildman–Crippen MR) is 102 cm³/mol. The van der Waals surface area contributed by atoms with Crippen LogP contribution in [0.5, 0.6) is 0 Å². The first-order chi connectivity index (χ1) is 14.2. The van der Waals surface area contributed by atoms with E-state index in [1.807, 2.05) is 30.3 Å². The van der Waals surface area contributed by atoms with Gasteiger partial charge in [-0.15, -0.1) is 0 Å². The summed E-state index contributed by atoms with van der Waals surface area (Å²) in [4.78, 5) is 21.5. The Morgan fingerprint density at radius 1 is 1.03 bits per heavy atom. The largest absolute Gasteiger partial charge is 0.337 e. The van der Waals surface area contributed by atoms with Gasteiger partial charge in [0, 0.05) is 5.56 Å². The molecule has 5 rings (SSSR count). The van der Waals surface area contributed by atoms with Crippen LogP contribution in [0.4, 0.5) is 4.39 Å². The highest BCUT2D eigenvalue weighted by Gasteiger charge is 2.14. The monoisotopic (exact) mass is 388 g/mol. The van der Waals surface area contributed by atoms with Gasteiger partial charge in [0.05, 0.1) is 11.9 Å². The van der Waals surface area contributed by atoms with Crippen LogP contribution in [-0.2, 0) is 6.54 Å². The lowest BCUT2D eigenvalue weighted by Crippen LogP contribution is -2.21. The van der Waals surface area contributed by atoms with Crippen LogP contribution < -0.4 is 5.56 Å². The zero-order valence-corrected chi connectivity index (χ0v) is 14.9. The van der Waals surface area contributed by atoms with Crippen LogP contribution in [0.2, 0.25) is 0 Å². The van der Waals surface area contributed by atoms with Crippen LogP contribution in [0.25, 0.3) is 28.1 Å². The fraction of sp³-hybridized carbons (Fsp3) is 0.0500. The third-order valence-corrected chi connectivity index (χ3v) is 4.43. The molecule has 0 atom stereocenters. The average Bonchev–Trinajstić information content (AvgIpc) is 3.39. The van der Waals surface area contributed by atoms with E-state index in [1.165, 1.54) is 29.2 Å². The summed E-state index contributed by atoms with van der Waals surface area (Å²) in [6, 6.07) is 15.2. The first-order valence-corrected chi connectivity index (χ1v) is 8.76. The summed E-state index contributed by atoms with van der Waals surface area (Å²) in [7, 11) is 0. The van der Waals surface area contributed by atoms with Gasteiger partial charge in [-0.3, -0.25) is 9.36 Å². The van der Waals surface area contributed by atoms with Gasteiger partial charge in [-0.05, 0) is 36.4 Å². The summed E-state index contributed by atoms with van der Waals surface area (Å²) in [6.07, 6.45) is 2.92. The molecule has 9 heteroatoms. The standard InChI is InChI=1S/C20H13FN6O2/c21-14-8-6-13(7-9-14)18-24-17(29-25-18)11-26-12-22-19-16(20(26)28)10-23-27(19)15-4-2-1-3-5-15/h1-10,12H,11H2. The van der Waals surface area contributed by atoms with Crippen LogP contribution >= 0.6 is 0 Å². The molecule has 2 aromatic carbocycles. The fourth-order valence-electron chi connectivity index (χ4n) is 3.00. The maximum Gasteiger partial charge on any atom is 0.264 e. The molecule has 0 N–H and O–H groups in total. The van der Waals surface area contributed by atoms with Gasteiger partial charge in [0.15, 0.2) is 5.65 Å². The van der Waals surface area contributed by atoms with Gasteiger partial charge in [0.2, 0.25) is 11.7 Å². The lowest BCUT2D eigenvalue weighted by Gasteiger charge is -2.04. The molecule has 5 aromatic rings. The molecule has 29 heavy (non-hydrogen) atoms. The number of rotatable bonds is 4. The molecular weight excluding hydrogens is 375 g/mol. The van der Waals surface area contributed by atoms with E-state index in [0.29, 0.717) is 22.4 Å². The number of aromatic nitrogens is 6. The quantitative estimate of drug-likeness (QED) is 0.470. The first kappa shape index (κ1) is 17.0. The molecular formula is C20H13FN6O2. The predicted octanol–water partition coefficient (Wildman–Crippen LogP) is 2.82. The number of fused-ring (bicyclic) bond motifs is 1. The molecule has 3 heterocycles. The van der Waals surface area contributed by atoms with Gasteiger partial charge < -0.3 is 4.52 Å². The molecule has 8 nitrogen and oxygen atoms in total. The van der Waals surface area contributed by atoms with Crippen molar-refractivity contribution in [3.8, 4) is 17.1 Å². The second-order valence-corrected chi connectivity index (χ2v) is 6.33. The van der Waals surface area contributed by atoms with Crippen molar-refractivity contribution in [3.63, 3.8) is 0 Å². The van der Waals surface area contributed by atoms with E-state index < -0.39 is 0 Å². The SMILES string of the molecule is O=c1c2cnn(-c3ccccc3)c2ncn1Cc1nc(-c2ccc(F)cc2)no1. The van der Waals surface area contributed by atoms with Crippen molar-refractivity contribution < 1.29 is 8.91 Å². The summed E-state index contributed by atoms with van der Waals surface area (Å²) in [5.74, 6) is 0.210. The molecule has 0 amide bonds. The summed E-state index contributed by atoms with van der Waals surface area (Å²) in [5, 5.41) is 8.56. The Hall–Kier alpha value is -4.14. The van der Waals surface area contributed by atoms with E-state index in [2.05, 4.69) is 20.2 Å². The smallest absolute Gasteiger partial charge is 0.264 e. The highest BCUT2D eigenvalue weighted by Crippen LogP contribution is 2.17. The molecule has 0 spiro atoms. The minimum Gasteiger partial charge on any atom is -0.337 e. The van der Waals surface area contributed by atoms with Gasteiger partial charge in [0.25, 0.3) is 5.56 Å². The van der Waals surface area contributed by atoms with Crippen molar-refractivity contribution in [2.45, 2.75) is 6.54 Å². The lowest BCUT2D eigenvalue weighted by atomic mass is 10.2. The number of halogens is 1. The normalized spacial score (nSPS) is 11.2. The summed E-state index contributed by atoms with van der Waals surface area (Å²) in [6.45, 7) is 0.0620. The van der Waals surface area contributed by atoms with Gasteiger partial charge in [-0.25, -0.2) is 14.1 Å². The third kappa shape index (κ3) is 3.08. The van der Waals surface area contributed by atoms with Crippen LogP contribution in [0.1, 0.15) is 5.89 Å². The van der Waals surface area contributed by atoms with Gasteiger partial charge in [-0.1, -0.05) is 23.4 Å².